The molecule has 0 fully saturated rings. The minimum atomic E-state index is -0.450. The number of rotatable bonds is 6. The fraction of sp³-hybridized carbons (Fsp3) is 0.179. The highest BCUT2D eigenvalue weighted by Crippen LogP contribution is 2.37. The first-order valence-corrected chi connectivity index (χ1v) is 11.9. The van der Waals surface area contributed by atoms with Crippen molar-refractivity contribution in [2.24, 2.45) is 0 Å². The number of amides is 1. The molecule has 0 saturated carbocycles. The number of benzene rings is 3. The normalized spacial score (nSPS) is 10.7. The van der Waals surface area contributed by atoms with Crippen molar-refractivity contribution in [1.82, 2.24) is 10.3 Å². The number of nitrogens with zero attached hydrogens (tertiary/aromatic N) is 1. The van der Waals surface area contributed by atoms with E-state index in [1.54, 1.807) is 33.2 Å². The lowest BCUT2D eigenvalue weighted by Crippen LogP contribution is -2.39. The fourth-order valence-electron chi connectivity index (χ4n) is 4.38. The van der Waals surface area contributed by atoms with Crippen LogP contribution in [0, 0.1) is 20.8 Å². The smallest absolute Gasteiger partial charge is 0.327 e. The summed E-state index contributed by atoms with van der Waals surface area (Å²) in [5.41, 5.74) is 6.90. The van der Waals surface area contributed by atoms with Crippen LogP contribution in [0.2, 0.25) is 0 Å². The summed E-state index contributed by atoms with van der Waals surface area (Å²) in [5, 5.41) is 16.8. The number of ether oxygens (including phenoxy) is 1. The molecule has 4 aromatic rings. The van der Waals surface area contributed by atoms with Gasteiger partial charge in [0.05, 0.1) is 12.7 Å². The minimum absolute atomic E-state index is 0.107. The summed E-state index contributed by atoms with van der Waals surface area (Å²) in [6.07, 6.45) is 0. The van der Waals surface area contributed by atoms with Crippen LogP contribution in [-0.4, -0.2) is 35.2 Å². The zero-order chi connectivity index (χ0) is 26.0. The lowest BCUT2D eigenvalue weighted by Gasteiger charge is -2.14. The first-order valence-electron chi connectivity index (χ1n) is 11.5. The Morgan fingerprint density at radius 1 is 1.03 bits per heavy atom. The van der Waals surface area contributed by atoms with Gasteiger partial charge in [-0.15, -0.1) is 0 Å². The van der Waals surface area contributed by atoms with Gasteiger partial charge in [-0.05, 0) is 65.6 Å². The topological polar surface area (TPSA) is 90.3 Å². The van der Waals surface area contributed by atoms with Crippen molar-refractivity contribution in [1.29, 1.82) is 0 Å². The van der Waals surface area contributed by atoms with Gasteiger partial charge in [-0.1, -0.05) is 42.5 Å². The Balaban J connectivity index is 1.73. The molecule has 0 aliphatic rings. The van der Waals surface area contributed by atoms with Gasteiger partial charge >= 0.3 is 11.7 Å². The summed E-state index contributed by atoms with van der Waals surface area (Å²) < 4.78 is 6.53. The maximum atomic E-state index is 13.1. The Labute approximate surface area is 215 Å². The molecular formula is C28H29N4O3S+. The Hall–Kier alpha value is -4.17. The van der Waals surface area contributed by atoms with Crippen molar-refractivity contribution in [3.05, 3.63) is 88.7 Å². The molecule has 4 N–H and O–H groups in total. The highest BCUT2D eigenvalue weighted by Gasteiger charge is 2.30. The van der Waals surface area contributed by atoms with Crippen LogP contribution in [0.4, 0.5) is 5.69 Å². The van der Waals surface area contributed by atoms with Crippen LogP contribution in [0.15, 0.2) is 60.7 Å². The Morgan fingerprint density at radius 3 is 2.39 bits per heavy atom. The first-order chi connectivity index (χ1) is 17.2. The second kappa shape index (κ2) is 10.2. The third-order valence-electron chi connectivity index (χ3n) is 6.13. The van der Waals surface area contributed by atoms with Gasteiger partial charge in [0.25, 0.3) is 5.69 Å². The number of aromatic amines is 1. The maximum Gasteiger partial charge on any atom is 0.327 e. The summed E-state index contributed by atoms with van der Waals surface area (Å²) in [6, 6.07) is 19.0. The Bertz CT molecular complexity index is 1460. The Kier molecular flexibility index (Phi) is 7.07. The number of hydrogen-bond donors (Lipinski definition) is 4. The average Bonchev–Trinajstić information content (AvgIpc) is 3.17. The van der Waals surface area contributed by atoms with E-state index in [4.69, 9.17) is 17.0 Å². The largest absolute Gasteiger partial charge is 0.496 e. The number of aromatic nitrogens is 2. The quantitative estimate of drug-likeness (QED) is 0.170. The number of hydrogen-bond acceptors (Lipinski definition) is 4. The molecule has 0 aliphatic carbocycles. The van der Waals surface area contributed by atoms with E-state index in [0.717, 1.165) is 38.3 Å². The van der Waals surface area contributed by atoms with Crippen molar-refractivity contribution in [2.45, 2.75) is 20.8 Å². The van der Waals surface area contributed by atoms with E-state index in [1.807, 2.05) is 36.4 Å². The predicted octanol–water partition coefficient (Wildman–Crippen LogP) is 4.95. The standard InChI is InChI=1S/C28H28N4O3S/c1-16-8-6-9-17(2)24(16)22-15-19(12-13-23(22)35-5)26-30-18(3)25(32(26)34)27(33)31-21-11-7-10-20(14-21)28(36)29-4/h6-15,34H,1-5H3,(H2,29,31,33,36)/p+1. The van der Waals surface area contributed by atoms with Crippen molar-refractivity contribution in [3.8, 4) is 28.3 Å². The van der Waals surface area contributed by atoms with E-state index < -0.39 is 5.91 Å². The highest BCUT2D eigenvalue weighted by molar-refractivity contribution is 7.80. The molecule has 0 bridgehead atoms. The molecule has 1 aromatic heterocycles. The summed E-state index contributed by atoms with van der Waals surface area (Å²) in [6.45, 7) is 5.86. The fourth-order valence-corrected chi connectivity index (χ4v) is 4.51. The zero-order valence-electron chi connectivity index (χ0n) is 20.9. The van der Waals surface area contributed by atoms with Crippen LogP contribution in [-0.2, 0) is 0 Å². The number of thiocarbonyl (C=S) groups is 1. The SMILES string of the molecule is CNC(=S)c1cccc(NC(=O)c2c(C)[nH]c(-c3ccc(OC)c(-c4c(C)cccc4C)c3)[n+]2O)c1. The highest BCUT2D eigenvalue weighted by atomic mass is 32.1. The molecule has 36 heavy (non-hydrogen) atoms. The van der Waals surface area contributed by atoms with Gasteiger partial charge in [0.15, 0.2) is 5.69 Å². The number of carbonyl (C=O) groups is 1. The second-order valence-electron chi connectivity index (χ2n) is 8.55. The lowest BCUT2D eigenvalue weighted by atomic mass is 9.93. The number of imidazole rings is 1. The molecular weight excluding hydrogens is 472 g/mol. The van der Waals surface area contributed by atoms with Crippen molar-refractivity contribution >= 4 is 28.8 Å². The van der Waals surface area contributed by atoms with Crippen molar-refractivity contribution in [3.63, 3.8) is 0 Å². The van der Waals surface area contributed by atoms with E-state index in [1.165, 1.54) is 0 Å². The number of aryl methyl sites for hydroxylation is 3. The van der Waals surface area contributed by atoms with Gasteiger partial charge in [0.1, 0.15) is 10.7 Å². The third-order valence-corrected chi connectivity index (χ3v) is 6.57. The van der Waals surface area contributed by atoms with Gasteiger partial charge in [0, 0.05) is 30.8 Å². The third kappa shape index (κ3) is 4.67. The second-order valence-corrected chi connectivity index (χ2v) is 8.96. The van der Waals surface area contributed by atoms with Crippen LogP contribution in [0.1, 0.15) is 32.9 Å². The minimum Gasteiger partial charge on any atom is -0.496 e. The van der Waals surface area contributed by atoms with Gasteiger partial charge in [-0.25, -0.2) is 4.98 Å². The molecule has 0 aliphatic heterocycles. The molecule has 7 nitrogen and oxygen atoms in total. The van der Waals surface area contributed by atoms with Crippen molar-refractivity contribution < 1.29 is 19.5 Å². The number of carbonyl (C=O) groups excluding carboxylic acids is 1. The van der Waals surface area contributed by atoms with Crippen LogP contribution < -0.4 is 20.1 Å². The summed E-state index contributed by atoms with van der Waals surface area (Å²) >= 11 is 5.29. The van der Waals surface area contributed by atoms with Gasteiger partial charge in [-0.3, -0.25) is 4.79 Å². The van der Waals surface area contributed by atoms with E-state index >= 15 is 0 Å². The molecule has 8 heteroatoms. The summed E-state index contributed by atoms with van der Waals surface area (Å²) in [7, 11) is 3.38. The summed E-state index contributed by atoms with van der Waals surface area (Å²) in [4.78, 5) is 16.9. The number of nitrogens with one attached hydrogen (secondary N) is 3. The van der Waals surface area contributed by atoms with Gasteiger partial charge in [0.2, 0.25) is 0 Å². The van der Waals surface area contributed by atoms with E-state index in [2.05, 4.69) is 41.6 Å². The maximum absolute atomic E-state index is 13.1. The molecule has 0 radical (unpaired) electrons. The molecule has 0 spiro atoms. The van der Waals surface area contributed by atoms with E-state index in [9.17, 15) is 10.0 Å². The van der Waals surface area contributed by atoms with Crippen LogP contribution >= 0.6 is 12.2 Å². The van der Waals surface area contributed by atoms with Gasteiger partial charge in [-0.2, -0.15) is 0 Å². The van der Waals surface area contributed by atoms with Crippen LogP contribution in [0.3, 0.4) is 0 Å². The molecule has 0 unspecified atom stereocenters. The first kappa shape index (κ1) is 24.9. The molecule has 0 atom stereocenters. The van der Waals surface area contributed by atoms with Crippen LogP contribution in [0.25, 0.3) is 22.5 Å². The average molecular weight is 502 g/mol. The van der Waals surface area contributed by atoms with Crippen molar-refractivity contribution in [2.75, 3.05) is 19.5 Å². The molecule has 184 valence electrons. The van der Waals surface area contributed by atoms with Crippen LogP contribution in [0.5, 0.6) is 5.75 Å². The molecule has 0 saturated heterocycles. The van der Waals surface area contributed by atoms with E-state index in [0.29, 0.717) is 27.8 Å². The van der Waals surface area contributed by atoms with Gasteiger partial charge < -0.3 is 20.6 Å². The zero-order valence-corrected chi connectivity index (χ0v) is 21.7. The molecule has 3 aromatic carbocycles. The number of anilines is 1. The van der Waals surface area contributed by atoms with E-state index in [-0.39, 0.29) is 5.69 Å². The monoisotopic (exact) mass is 501 g/mol. The lowest BCUT2D eigenvalue weighted by molar-refractivity contribution is -0.896. The summed E-state index contributed by atoms with van der Waals surface area (Å²) in [5.74, 6) is 0.660. The molecule has 1 amide bonds. The number of methoxy groups -OCH3 is 1. The number of H-pyrrole nitrogens is 1. The predicted molar refractivity (Wildman–Crippen MR) is 145 cm³/mol. The Morgan fingerprint density at radius 2 is 1.72 bits per heavy atom. The molecule has 1 heterocycles. The molecule has 4 rings (SSSR count).